The highest BCUT2D eigenvalue weighted by Gasteiger charge is 2.08. The van der Waals surface area contributed by atoms with E-state index in [4.69, 9.17) is 11.6 Å². The molecule has 4 nitrogen and oxygen atoms in total. The summed E-state index contributed by atoms with van der Waals surface area (Å²) in [5.74, 6) is 0.0538. The number of phenols is 1. The lowest BCUT2D eigenvalue weighted by Gasteiger charge is -2.07. The van der Waals surface area contributed by atoms with Crippen molar-refractivity contribution in [1.29, 1.82) is 0 Å². The summed E-state index contributed by atoms with van der Waals surface area (Å²) in [4.78, 5) is 12.2. The van der Waals surface area contributed by atoms with Gasteiger partial charge in [-0.3, -0.25) is 4.79 Å². The molecular formula is C16H11ClN2O2. The summed E-state index contributed by atoms with van der Waals surface area (Å²) in [6, 6.07) is 15.2. The molecule has 0 amide bonds. The van der Waals surface area contributed by atoms with E-state index < -0.39 is 0 Å². The zero-order valence-corrected chi connectivity index (χ0v) is 11.7. The summed E-state index contributed by atoms with van der Waals surface area (Å²) in [5, 5.41) is 14.5. The Balaban J connectivity index is 2.10. The molecule has 0 unspecified atom stereocenters. The lowest BCUT2D eigenvalue weighted by Crippen LogP contribution is -2.19. The number of benzene rings is 2. The van der Waals surface area contributed by atoms with Gasteiger partial charge in [-0.2, -0.15) is 9.78 Å². The van der Waals surface area contributed by atoms with E-state index in [-0.39, 0.29) is 11.3 Å². The van der Waals surface area contributed by atoms with E-state index >= 15 is 0 Å². The smallest absolute Gasteiger partial charge is 0.272 e. The van der Waals surface area contributed by atoms with Gasteiger partial charge >= 0.3 is 0 Å². The van der Waals surface area contributed by atoms with E-state index in [0.29, 0.717) is 21.8 Å². The molecule has 5 heteroatoms. The molecular weight excluding hydrogens is 288 g/mol. The van der Waals surface area contributed by atoms with Crippen molar-refractivity contribution in [3.63, 3.8) is 0 Å². The molecule has 104 valence electrons. The average Bonchev–Trinajstić information content (AvgIpc) is 2.50. The van der Waals surface area contributed by atoms with Gasteiger partial charge in [0.1, 0.15) is 5.75 Å². The van der Waals surface area contributed by atoms with Crippen LogP contribution < -0.4 is 5.56 Å². The highest BCUT2D eigenvalue weighted by atomic mass is 35.5. The summed E-state index contributed by atoms with van der Waals surface area (Å²) in [6.07, 6.45) is 1.53. The molecule has 0 fully saturated rings. The van der Waals surface area contributed by atoms with Crippen LogP contribution in [0.2, 0.25) is 5.02 Å². The van der Waals surface area contributed by atoms with E-state index in [2.05, 4.69) is 5.10 Å². The molecule has 0 saturated heterocycles. The van der Waals surface area contributed by atoms with Gasteiger partial charge in [-0.15, -0.1) is 0 Å². The molecule has 3 aromatic rings. The molecule has 1 heterocycles. The highest BCUT2D eigenvalue weighted by molar-refractivity contribution is 6.30. The van der Waals surface area contributed by atoms with Crippen LogP contribution in [-0.4, -0.2) is 14.9 Å². The van der Waals surface area contributed by atoms with Crippen molar-refractivity contribution in [3.8, 4) is 22.6 Å². The van der Waals surface area contributed by atoms with Crippen LogP contribution >= 0.6 is 11.6 Å². The second kappa shape index (κ2) is 5.42. The zero-order chi connectivity index (χ0) is 14.8. The molecule has 0 aliphatic heterocycles. The first-order valence-electron chi connectivity index (χ1n) is 6.29. The summed E-state index contributed by atoms with van der Waals surface area (Å²) in [7, 11) is 0. The van der Waals surface area contributed by atoms with Gasteiger partial charge in [0.05, 0.1) is 11.9 Å². The second-order valence-corrected chi connectivity index (χ2v) is 4.93. The van der Waals surface area contributed by atoms with Crippen LogP contribution in [0.25, 0.3) is 16.8 Å². The monoisotopic (exact) mass is 298 g/mol. The molecule has 0 saturated carbocycles. The first kappa shape index (κ1) is 13.4. The fourth-order valence-corrected chi connectivity index (χ4v) is 2.23. The van der Waals surface area contributed by atoms with Crippen molar-refractivity contribution in [3.05, 3.63) is 76.2 Å². The third kappa shape index (κ3) is 2.66. The van der Waals surface area contributed by atoms with E-state index in [0.717, 1.165) is 0 Å². The number of nitrogens with zero attached hydrogens (tertiary/aromatic N) is 2. The number of aromatic hydroxyl groups is 1. The van der Waals surface area contributed by atoms with Gasteiger partial charge in [0.2, 0.25) is 0 Å². The minimum atomic E-state index is -0.280. The van der Waals surface area contributed by atoms with E-state index in [1.165, 1.54) is 23.0 Å². The molecule has 1 N–H and O–H groups in total. The van der Waals surface area contributed by atoms with Crippen molar-refractivity contribution >= 4 is 11.6 Å². The minimum Gasteiger partial charge on any atom is -0.507 e. The highest BCUT2D eigenvalue weighted by Crippen LogP contribution is 2.30. The zero-order valence-electron chi connectivity index (χ0n) is 10.9. The van der Waals surface area contributed by atoms with Crippen LogP contribution in [-0.2, 0) is 0 Å². The van der Waals surface area contributed by atoms with Crippen molar-refractivity contribution < 1.29 is 5.11 Å². The first-order chi connectivity index (χ1) is 10.1. The van der Waals surface area contributed by atoms with Gasteiger partial charge < -0.3 is 5.11 Å². The van der Waals surface area contributed by atoms with Crippen LogP contribution in [0.15, 0.2) is 65.6 Å². The summed E-state index contributed by atoms with van der Waals surface area (Å²) >= 11 is 5.92. The summed E-state index contributed by atoms with van der Waals surface area (Å²) in [5.41, 5.74) is 1.40. The number of para-hydroxylation sites is 1. The molecule has 0 aliphatic rings. The van der Waals surface area contributed by atoms with Crippen molar-refractivity contribution in [2.75, 3.05) is 0 Å². The number of hydrogen-bond donors (Lipinski definition) is 1. The Morgan fingerprint density at radius 1 is 1.05 bits per heavy atom. The van der Waals surface area contributed by atoms with E-state index in [1.54, 1.807) is 24.3 Å². The third-order valence-electron chi connectivity index (χ3n) is 3.07. The first-order valence-corrected chi connectivity index (χ1v) is 6.66. The van der Waals surface area contributed by atoms with Crippen molar-refractivity contribution in [2.45, 2.75) is 0 Å². The SMILES string of the molecule is O=c1cc(-c2cc(Cl)ccc2O)cnn1-c1ccccc1. The van der Waals surface area contributed by atoms with Crippen LogP contribution in [0.4, 0.5) is 0 Å². The maximum atomic E-state index is 12.2. The summed E-state index contributed by atoms with van der Waals surface area (Å²) < 4.78 is 1.30. The second-order valence-electron chi connectivity index (χ2n) is 4.49. The Morgan fingerprint density at radius 3 is 2.52 bits per heavy atom. The summed E-state index contributed by atoms with van der Waals surface area (Å²) in [6.45, 7) is 0. The maximum Gasteiger partial charge on any atom is 0.272 e. The normalized spacial score (nSPS) is 10.5. The van der Waals surface area contributed by atoms with Crippen LogP contribution in [0.5, 0.6) is 5.75 Å². The molecule has 0 atom stereocenters. The van der Waals surface area contributed by atoms with Crippen molar-refractivity contribution in [2.24, 2.45) is 0 Å². The lowest BCUT2D eigenvalue weighted by molar-refractivity contribution is 0.477. The molecule has 1 aromatic heterocycles. The van der Waals surface area contributed by atoms with Gasteiger partial charge in [0.15, 0.2) is 0 Å². The molecule has 3 rings (SSSR count). The van der Waals surface area contributed by atoms with E-state index in [9.17, 15) is 9.90 Å². The van der Waals surface area contributed by atoms with Gasteiger partial charge in [-0.25, -0.2) is 0 Å². The quantitative estimate of drug-likeness (QED) is 0.790. The standard InChI is InChI=1S/C16H11ClN2O2/c17-12-6-7-15(20)14(9-12)11-8-16(21)19(18-10-11)13-4-2-1-3-5-13/h1-10,20H. The Hall–Kier alpha value is -2.59. The lowest BCUT2D eigenvalue weighted by atomic mass is 10.1. The molecule has 21 heavy (non-hydrogen) atoms. The number of aromatic nitrogens is 2. The number of halogens is 1. The Bertz CT molecular complexity index is 844. The minimum absolute atomic E-state index is 0.0538. The number of rotatable bonds is 2. The van der Waals surface area contributed by atoms with Crippen LogP contribution in [0.3, 0.4) is 0 Å². The fourth-order valence-electron chi connectivity index (χ4n) is 2.06. The predicted octanol–water partition coefficient (Wildman–Crippen LogP) is 3.26. The topological polar surface area (TPSA) is 55.1 Å². The van der Waals surface area contributed by atoms with Gasteiger partial charge in [0, 0.05) is 22.2 Å². The Labute approximate surface area is 125 Å². The number of hydrogen-bond acceptors (Lipinski definition) is 3. The number of phenolic OH excluding ortho intramolecular Hbond substituents is 1. The van der Waals surface area contributed by atoms with Crippen molar-refractivity contribution in [1.82, 2.24) is 9.78 Å². The molecule has 0 spiro atoms. The van der Waals surface area contributed by atoms with Gasteiger partial charge in [-0.1, -0.05) is 29.8 Å². The van der Waals surface area contributed by atoms with Crippen LogP contribution in [0.1, 0.15) is 0 Å². The fraction of sp³-hybridized carbons (Fsp3) is 0. The van der Waals surface area contributed by atoms with Gasteiger partial charge in [-0.05, 0) is 30.3 Å². The van der Waals surface area contributed by atoms with Gasteiger partial charge in [0.25, 0.3) is 5.56 Å². The molecule has 2 aromatic carbocycles. The molecule has 0 bridgehead atoms. The molecule has 0 radical (unpaired) electrons. The predicted molar refractivity (Wildman–Crippen MR) is 81.9 cm³/mol. The maximum absolute atomic E-state index is 12.2. The average molecular weight is 299 g/mol. The largest absolute Gasteiger partial charge is 0.507 e. The van der Waals surface area contributed by atoms with Crippen LogP contribution in [0, 0.1) is 0 Å². The Morgan fingerprint density at radius 2 is 1.81 bits per heavy atom. The molecule has 0 aliphatic carbocycles. The third-order valence-corrected chi connectivity index (χ3v) is 3.31. The Kier molecular flexibility index (Phi) is 3.46. The van der Waals surface area contributed by atoms with E-state index in [1.807, 2.05) is 18.2 Å².